The van der Waals surface area contributed by atoms with Gasteiger partial charge in [0.15, 0.2) is 5.69 Å². The molecule has 1 saturated heterocycles. The van der Waals surface area contributed by atoms with Crippen LogP contribution in [0.5, 0.6) is 0 Å². The first-order valence-electron chi connectivity index (χ1n) is 7.82. The van der Waals surface area contributed by atoms with Gasteiger partial charge in [0.2, 0.25) is 5.69 Å². The molecule has 8 nitrogen and oxygen atoms in total. The summed E-state index contributed by atoms with van der Waals surface area (Å²) in [5.74, 6) is -0.540. The maximum Gasteiger partial charge on any atom is 0.360 e. The Kier molecular flexibility index (Phi) is 3.71. The van der Waals surface area contributed by atoms with E-state index in [1.54, 1.807) is 0 Å². The van der Waals surface area contributed by atoms with Crippen LogP contribution in [0.2, 0.25) is 0 Å². The number of ether oxygens (including phenoxy) is 2. The third kappa shape index (κ3) is 2.55. The summed E-state index contributed by atoms with van der Waals surface area (Å²) in [6.07, 6.45) is 4.16. The molecule has 0 N–H and O–H groups in total. The standard InChI is InChI=1S/C17H15N5O3/c1-18-15-9-21(12-5-6-25-10-12)16-4-3-11(7-13(15)16)22-19-8-14(20-22)17(23)24-2/h3-4,7-9,12H,5-6,10H2,2H3. The van der Waals surface area contributed by atoms with Crippen molar-refractivity contribution in [2.45, 2.75) is 12.5 Å². The second kappa shape index (κ2) is 6.03. The number of nitrogens with zero attached hydrogens (tertiary/aromatic N) is 5. The minimum atomic E-state index is -0.540. The summed E-state index contributed by atoms with van der Waals surface area (Å²) >= 11 is 0. The van der Waals surface area contributed by atoms with Crippen LogP contribution < -0.4 is 0 Å². The highest BCUT2D eigenvalue weighted by Crippen LogP contribution is 2.34. The average molecular weight is 337 g/mol. The van der Waals surface area contributed by atoms with Crippen molar-refractivity contribution in [3.63, 3.8) is 0 Å². The molecule has 1 unspecified atom stereocenters. The van der Waals surface area contributed by atoms with Crippen LogP contribution >= 0.6 is 0 Å². The second-order valence-electron chi connectivity index (χ2n) is 5.76. The molecule has 0 radical (unpaired) electrons. The molecule has 1 aliphatic heterocycles. The molecule has 126 valence electrons. The van der Waals surface area contributed by atoms with E-state index in [9.17, 15) is 4.79 Å². The van der Waals surface area contributed by atoms with E-state index < -0.39 is 5.97 Å². The third-order valence-electron chi connectivity index (χ3n) is 4.33. The van der Waals surface area contributed by atoms with Crippen LogP contribution in [0, 0.1) is 6.57 Å². The van der Waals surface area contributed by atoms with E-state index in [0.29, 0.717) is 18.0 Å². The molecule has 0 spiro atoms. The largest absolute Gasteiger partial charge is 0.464 e. The number of hydrogen-bond acceptors (Lipinski definition) is 5. The van der Waals surface area contributed by atoms with E-state index in [1.165, 1.54) is 18.1 Å². The lowest BCUT2D eigenvalue weighted by Gasteiger charge is -2.12. The Labute approximate surface area is 143 Å². The Morgan fingerprint density at radius 3 is 3.08 bits per heavy atom. The van der Waals surface area contributed by atoms with Gasteiger partial charge in [0, 0.05) is 23.7 Å². The molecule has 0 amide bonds. The lowest BCUT2D eigenvalue weighted by molar-refractivity contribution is 0.0593. The molecule has 8 heteroatoms. The predicted molar refractivity (Wildman–Crippen MR) is 88.9 cm³/mol. The number of aromatic nitrogens is 4. The molecule has 4 rings (SSSR count). The van der Waals surface area contributed by atoms with Gasteiger partial charge < -0.3 is 14.0 Å². The number of hydrogen-bond donors (Lipinski definition) is 0. The smallest absolute Gasteiger partial charge is 0.360 e. The van der Waals surface area contributed by atoms with Gasteiger partial charge in [-0.15, -0.1) is 5.10 Å². The van der Waals surface area contributed by atoms with Gasteiger partial charge in [-0.3, -0.25) is 0 Å². The van der Waals surface area contributed by atoms with E-state index in [4.69, 9.17) is 11.3 Å². The summed E-state index contributed by atoms with van der Waals surface area (Å²) < 4.78 is 12.2. The molecule has 2 aromatic heterocycles. The van der Waals surface area contributed by atoms with E-state index in [1.807, 2.05) is 24.4 Å². The van der Waals surface area contributed by atoms with Crippen molar-refractivity contribution in [3.05, 3.63) is 47.7 Å². The maximum absolute atomic E-state index is 11.5. The zero-order valence-corrected chi connectivity index (χ0v) is 13.5. The quantitative estimate of drug-likeness (QED) is 0.542. The molecule has 0 aliphatic carbocycles. The summed E-state index contributed by atoms with van der Waals surface area (Å²) in [5, 5.41) is 9.06. The zero-order chi connectivity index (χ0) is 17.4. The molecule has 1 aliphatic rings. The van der Waals surface area contributed by atoms with Gasteiger partial charge >= 0.3 is 5.97 Å². The van der Waals surface area contributed by atoms with Gasteiger partial charge in [-0.25, -0.2) is 9.64 Å². The molecule has 25 heavy (non-hydrogen) atoms. The van der Waals surface area contributed by atoms with Gasteiger partial charge in [-0.05, 0) is 24.6 Å². The van der Waals surface area contributed by atoms with Crippen molar-refractivity contribution in [3.8, 4) is 5.69 Å². The highest BCUT2D eigenvalue weighted by atomic mass is 16.5. The van der Waals surface area contributed by atoms with Gasteiger partial charge in [0.05, 0.1) is 38.2 Å². The minimum Gasteiger partial charge on any atom is -0.464 e. The molecule has 1 fully saturated rings. The molecule has 0 bridgehead atoms. The molecule has 3 heterocycles. The summed E-state index contributed by atoms with van der Waals surface area (Å²) in [6, 6.07) is 5.91. The third-order valence-corrected chi connectivity index (χ3v) is 4.33. The molecular weight excluding hydrogens is 322 g/mol. The predicted octanol–water partition coefficient (Wildman–Crippen LogP) is 2.52. The van der Waals surface area contributed by atoms with Gasteiger partial charge in [0.1, 0.15) is 0 Å². The first kappa shape index (κ1) is 15.4. The summed E-state index contributed by atoms with van der Waals surface area (Å²) in [5.41, 5.74) is 2.36. The average Bonchev–Trinajstić information content (AvgIpc) is 3.38. The van der Waals surface area contributed by atoms with Crippen LogP contribution in [0.25, 0.3) is 21.4 Å². The number of carbonyl (C=O) groups excluding carboxylic acids is 1. The Balaban J connectivity index is 1.78. The lowest BCUT2D eigenvalue weighted by atomic mass is 10.2. The number of benzene rings is 1. The fourth-order valence-electron chi connectivity index (χ4n) is 3.07. The lowest BCUT2D eigenvalue weighted by Crippen LogP contribution is -2.07. The van der Waals surface area contributed by atoms with E-state index in [2.05, 4.69) is 24.3 Å². The Hall–Kier alpha value is -3.18. The van der Waals surface area contributed by atoms with E-state index in [-0.39, 0.29) is 11.7 Å². The van der Waals surface area contributed by atoms with Crippen molar-refractivity contribution < 1.29 is 14.3 Å². The highest BCUT2D eigenvalue weighted by molar-refractivity contribution is 5.95. The second-order valence-corrected chi connectivity index (χ2v) is 5.76. The van der Waals surface area contributed by atoms with Crippen LogP contribution in [-0.4, -0.2) is 45.9 Å². The summed E-state index contributed by atoms with van der Waals surface area (Å²) in [4.78, 5) is 16.5. The summed E-state index contributed by atoms with van der Waals surface area (Å²) in [7, 11) is 1.30. The minimum absolute atomic E-state index is 0.133. The van der Waals surface area contributed by atoms with E-state index in [0.717, 1.165) is 23.9 Å². The SMILES string of the molecule is [C-]#[N+]c1cn(C2CCOC2)c2ccc(-n3ncc(C(=O)OC)n3)cc12. The van der Waals surface area contributed by atoms with Crippen molar-refractivity contribution in [2.24, 2.45) is 0 Å². The number of rotatable bonds is 3. The van der Waals surface area contributed by atoms with Gasteiger partial charge in [0.25, 0.3) is 0 Å². The number of carbonyl (C=O) groups is 1. The number of esters is 1. The van der Waals surface area contributed by atoms with Crippen LogP contribution in [-0.2, 0) is 9.47 Å². The van der Waals surface area contributed by atoms with Crippen LogP contribution in [0.15, 0.2) is 30.6 Å². The molecular formula is C17H15N5O3. The van der Waals surface area contributed by atoms with Crippen molar-refractivity contribution >= 4 is 22.6 Å². The molecule has 3 aromatic rings. The van der Waals surface area contributed by atoms with Crippen LogP contribution in [0.1, 0.15) is 23.0 Å². The maximum atomic E-state index is 11.5. The monoisotopic (exact) mass is 337 g/mol. The molecule has 0 saturated carbocycles. The molecule has 1 atom stereocenters. The van der Waals surface area contributed by atoms with Gasteiger partial charge in [-0.2, -0.15) is 9.90 Å². The summed E-state index contributed by atoms with van der Waals surface area (Å²) in [6.45, 7) is 8.85. The van der Waals surface area contributed by atoms with Crippen molar-refractivity contribution in [1.82, 2.24) is 19.6 Å². The van der Waals surface area contributed by atoms with E-state index >= 15 is 0 Å². The molecule has 1 aromatic carbocycles. The normalized spacial score (nSPS) is 16.9. The van der Waals surface area contributed by atoms with Crippen molar-refractivity contribution in [1.29, 1.82) is 0 Å². The first-order chi connectivity index (χ1) is 12.2. The highest BCUT2D eigenvalue weighted by Gasteiger charge is 2.21. The Morgan fingerprint density at radius 2 is 2.36 bits per heavy atom. The Morgan fingerprint density at radius 1 is 1.48 bits per heavy atom. The van der Waals surface area contributed by atoms with Gasteiger partial charge in [-0.1, -0.05) is 0 Å². The number of methoxy groups -OCH3 is 1. The fraction of sp³-hybridized carbons (Fsp3) is 0.294. The Bertz CT molecular complexity index is 992. The van der Waals surface area contributed by atoms with Crippen LogP contribution in [0.3, 0.4) is 0 Å². The van der Waals surface area contributed by atoms with Crippen LogP contribution in [0.4, 0.5) is 5.69 Å². The topological polar surface area (TPSA) is 75.5 Å². The van der Waals surface area contributed by atoms with Crippen molar-refractivity contribution in [2.75, 3.05) is 20.3 Å². The number of fused-ring (bicyclic) bond motifs is 1. The first-order valence-corrected chi connectivity index (χ1v) is 7.82. The fourth-order valence-corrected chi connectivity index (χ4v) is 3.07. The zero-order valence-electron chi connectivity index (χ0n) is 13.5.